The molecule has 0 bridgehead atoms. The number of hydrogen-bond acceptors (Lipinski definition) is 6. The van der Waals surface area contributed by atoms with E-state index in [4.69, 9.17) is 20.8 Å². The van der Waals surface area contributed by atoms with Crippen LogP contribution in [-0.4, -0.2) is 43.1 Å². The van der Waals surface area contributed by atoms with Crippen molar-refractivity contribution in [3.63, 3.8) is 0 Å². The van der Waals surface area contributed by atoms with Gasteiger partial charge in [0.15, 0.2) is 0 Å². The Morgan fingerprint density at radius 1 is 1.07 bits per heavy atom. The summed E-state index contributed by atoms with van der Waals surface area (Å²) in [6.07, 6.45) is 1.71. The average Bonchev–Trinajstić information content (AvgIpc) is 3.40. The van der Waals surface area contributed by atoms with Gasteiger partial charge in [0.25, 0.3) is 0 Å². The van der Waals surface area contributed by atoms with Crippen LogP contribution in [0.1, 0.15) is 12.8 Å². The average molecular weight is 420 g/mol. The molecule has 1 fully saturated rings. The summed E-state index contributed by atoms with van der Waals surface area (Å²) in [6.45, 7) is 1.01. The van der Waals surface area contributed by atoms with Crippen LogP contribution in [0.25, 0.3) is 22.9 Å². The highest BCUT2D eigenvalue weighted by atomic mass is 35.5. The smallest absolute Gasteiger partial charge is 0.249 e. The molecule has 0 spiro atoms. The maximum Gasteiger partial charge on any atom is 0.249 e. The van der Waals surface area contributed by atoms with Gasteiger partial charge in [-0.25, -0.2) is 8.42 Å². The monoisotopic (exact) mass is 419 g/mol. The zero-order chi connectivity index (χ0) is 19.7. The van der Waals surface area contributed by atoms with Crippen LogP contribution in [0.15, 0.2) is 51.8 Å². The molecule has 4 rings (SSSR count). The van der Waals surface area contributed by atoms with E-state index >= 15 is 0 Å². The van der Waals surface area contributed by atoms with Gasteiger partial charge in [0.05, 0.1) is 17.7 Å². The fourth-order valence-corrected chi connectivity index (χ4v) is 5.08. The largest absolute Gasteiger partial charge is 0.495 e. The van der Waals surface area contributed by atoms with E-state index in [1.165, 1.54) is 17.5 Å². The number of nitrogens with zero attached hydrogens (tertiary/aromatic N) is 3. The highest BCUT2D eigenvalue weighted by molar-refractivity contribution is 7.89. The zero-order valence-electron chi connectivity index (χ0n) is 15.1. The van der Waals surface area contributed by atoms with Gasteiger partial charge in [-0.2, -0.15) is 4.31 Å². The Balaban J connectivity index is 1.75. The van der Waals surface area contributed by atoms with E-state index in [2.05, 4.69) is 10.2 Å². The van der Waals surface area contributed by atoms with E-state index in [0.717, 1.165) is 12.8 Å². The van der Waals surface area contributed by atoms with Crippen LogP contribution in [0, 0.1) is 0 Å². The Labute approximate surface area is 168 Å². The molecule has 1 saturated heterocycles. The number of rotatable bonds is 5. The standard InChI is InChI=1S/C19H18ClN3O4S/c1-26-16-9-8-13(12-17(16)28(24,25)23-10-4-5-11-23)18-21-22-19(27-18)14-6-2-3-7-15(14)20/h2-3,6-9,12H,4-5,10-11H2,1H3. The van der Waals surface area contributed by atoms with Crippen molar-refractivity contribution in [3.05, 3.63) is 47.5 Å². The molecule has 0 aliphatic carbocycles. The van der Waals surface area contributed by atoms with Crippen LogP contribution in [0.5, 0.6) is 5.75 Å². The van der Waals surface area contributed by atoms with Gasteiger partial charge in [0, 0.05) is 18.7 Å². The van der Waals surface area contributed by atoms with E-state index in [0.29, 0.717) is 29.2 Å². The van der Waals surface area contributed by atoms with Crippen LogP contribution >= 0.6 is 11.6 Å². The predicted octanol–water partition coefficient (Wildman–Crippen LogP) is 3.85. The Bertz CT molecular complexity index is 1110. The molecule has 0 N–H and O–H groups in total. The SMILES string of the molecule is COc1ccc(-c2nnc(-c3ccccc3Cl)o2)cc1S(=O)(=O)N1CCCC1. The lowest BCUT2D eigenvalue weighted by molar-refractivity contribution is 0.398. The molecule has 1 aliphatic heterocycles. The Morgan fingerprint density at radius 2 is 1.79 bits per heavy atom. The summed E-state index contributed by atoms with van der Waals surface area (Å²) in [5.74, 6) is 0.748. The molecule has 0 atom stereocenters. The number of methoxy groups -OCH3 is 1. The summed E-state index contributed by atoms with van der Waals surface area (Å²) in [5, 5.41) is 8.59. The summed E-state index contributed by atoms with van der Waals surface area (Å²) in [6, 6.07) is 11.9. The lowest BCUT2D eigenvalue weighted by Crippen LogP contribution is -2.28. The summed E-state index contributed by atoms with van der Waals surface area (Å²) in [4.78, 5) is 0.0897. The van der Waals surface area contributed by atoms with Crippen LogP contribution in [0.4, 0.5) is 0 Å². The van der Waals surface area contributed by atoms with Crippen molar-refractivity contribution in [3.8, 4) is 28.7 Å². The molecule has 0 unspecified atom stereocenters. The Kier molecular flexibility index (Phi) is 5.09. The first-order chi connectivity index (χ1) is 13.5. The quantitative estimate of drug-likeness (QED) is 0.624. The molecular weight excluding hydrogens is 402 g/mol. The van der Waals surface area contributed by atoms with E-state index in [1.807, 2.05) is 12.1 Å². The van der Waals surface area contributed by atoms with Gasteiger partial charge in [-0.05, 0) is 43.2 Å². The third kappa shape index (κ3) is 3.39. The van der Waals surface area contributed by atoms with Crippen LogP contribution in [0.3, 0.4) is 0 Å². The number of aromatic nitrogens is 2. The van der Waals surface area contributed by atoms with E-state index in [-0.39, 0.29) is 22.4 Å². The molecule has 7 nitrogen and oxygen atoms in total. The van der Waals surface area contributed by atoms with Crippen LogP contribution in [-0.2, 0) is 10.0 Å². The van der Waals surface area contributed by atoms with E-state index < -0.39 is 10.0 Å². The van der Waals surface area contributed by atoms with Crippen molar-refractivity contribution < 1.29 is 17.6 Å². The summed E-state index contributed by atoms with van der Waals surface area (Å²) in [7, 11) is -2.22. The Morgan fingerprint density at radius 3 is 2.50 bits per heavy atom. The van der Waals surface area contributed by atoms with Gasteiger partial charge in [0.1, 0.15) is 10.6 Å². The highest BCUT2D eigenvalue weighted by Crippen LogP contribution is 2.34. The Hall–Kier alpha value is -2.42. The first-order valence-electron chi connectivity index (χ1n) is 8.77. The first-order valence-corrected chi connectivity index (χ1v) is 10.6. The topological polar surface area (TPSA) is 85.5 Å². The number of halogens is 1. The van der Waals surface area contributed by atoms with E-state index in [9.17, 15) is 8.42 Å². The first kappa shape index (κ1) is 18.9. The molecule has 2 aromatic carbocycles. The zero-order valence-corrected chi connectivity index (χ0v) is 16.7. The molecule has 1 aliphatic rings. The summed E-state index contributed by atoms with van der Waals surface area (Å²) in [5.41, 5.74) is 1.10. The predicted molar refractivity (Wildman–Crippen MR) is 105 cm³/mol. The minimum absolute atomic E-state index is 0.0897. The van der Waals surface area contributed by atoms with Crippen LogP contribution in [0.2, 0.25) is 5.02 Å². The molecule has 0 amide bonds. The van der Waals surface area contributed by atoms with Gasteiger partial charge in [-0.15, -0.1) is 10.2 Å². The van der Waals surface area contributed by atoms with Gasteiger partial charge >= 0.3 is 0 Å². The number of ether oxygens (including phenoxy) is 1. The molecule has 2 heterocycles. The maximum atomic E-state index is 13.0. The second kappa shape index (κ2) is 7.54. The summed E-state index contributed by atoms with van der Waals surface area (Å²) < 4.78 is 38.6. The lowest BCUT2D eigenvalue weighted by atomic mass is 10.2. The number of hydrogen-bond donors (Lipinski definition) is 0. The van der Waals surface area contributed by atoms with Crippen molar-refractivity contribution in [1.29, 1.82) is 0 Å². The van der Waals surface area contributed by atoms with Crippen LogP contribution < -0.4 is 4.74 Å². The number of benzene rings is 2. The highest BCUT2D eigenvalue weighted by Gasteiger charge is 2.30. The second-order valence-electron chi connectivity index (χ2n) is 6.37. The lowest BCUT2D eigenvalue weighted by Gasteiger charge is -2.18. The minimum Gasteiger partial charge on any atom is -0.495 e. The number of sulfonamides is 1. The summed E-state index contributed by atoms with van der Waals surface area (Å²) >= 11 is 6.18. The third-order valence-electron chi connectivity index (χ3n) is 4.62. The van der Waals surface area contributed by atoms with Crippen molar-refractivity contribution in [2.24, 2.45) is 0 Å². The molecule has 1 aromatic heterocycles. The fourth-order valence-electron chi connectivity index (χ4n) is 3.16. The molecule has 0 saturated carbocycles. The van der Waals surface area contributed by atoms with Crippen molar-refractivity contribution in [2.45, 2.75) is 17.7 Å². The van der Waals surface area contributed by atoms with Crippen molar-refractivity contribution in [2.75, 3.05) is 20.2 Å². The van der Waals surface area contributed by atoms with Crippen molar-refractivity contribution in [1.82, 2.24) is 14.5 Å². The fraction of sp³-hybridized carbons (Fsp3) is 0.263. The van der Waals surface area contributed by atoms with E-state index in [1.54, 1.807) is 24.3 Å². The third-order valence-corrected chi connectivity index (χ3v) is 6.87. The molecular formula is C19H18ClN3O4S. The van der Waals surface area contributed by atoms with Gasteiger partial charge < -0.3 is 9.15 Å². The molecule has 9 heteroatoms. The van der Waals surface area contributed by atoms with Gasteiger partial charge in [0.2, 0.25) is 21.8 Å². The normalized spacial score (nSPS) is 15.1. The molecule has 3 aromatic rings. The minimum atomic E-state index is -3.67. The maximum absolute atomic E-state index is 13.0. The molecule has 146 valence electrons. The molecule has 0 radical (unpaired) electrons. The van der Waals surface area contributed by atoms with Crippen molar-refractivity contribution >= 4 is 21.6 Å². The van der Waals surface area contributed by atoms with Gasteiger partial charge in [-0.3, -0.25) is 0 Å². The molecule has 28 heavy (non-hydrogen) atoms. The second-order valence-corrected chi connectivity index (χ2v) is 8.68. The van der Waals surface area contributed by atoms with Gasteiger partial charge in [-0.1, -0.05) is 23.7 Å².